The first-order valence-corrected chi connectivity index (χ1v) is 6.86. The highest BCUT2D eigenvalue weighted by molar-refractivity contribution is 6.03. The first-order valence-electron chi connectivity index (χ1n) is 6.86. The summed E-state index contributed by atoms with van der Waals surface area (Å²) in [6.45, 7) is 1.69. The van der Waals surface area contributed by atoms with E-state index in [-0.39, 0.29) is 30.8 Å². The molecule has 2 rings (SSSR count). The fraction of sp³-hybridized carbons (Fsp3) is 0.250. The zero-order valence-corrected chi connectivity index (χ0v) is 11.9. The van der Waals surface area contributed by atoms with E-state index in [0.29, 0.717) is 0 Å². The van der Waals surface area contributed by atoms with Crippen LogP contribution < -0.4 is 16.4 Å². The fourth-order valence-electron chi connectivity index (χ4n) is 2.07. The maximum Gasteiger partial charge on any atom is 0.243 e. The van der Waals surface area contributed by atoms with E-state index in [1.807, 2.05) is 42.5 Å². The number of nitrogens with two attached hydrogens (primary N) is 1. The van der Waals surface area contributed by atoms with Crippen molar-refractivity contribution in [3.63, 3.8) is 0 Å². The van der Waals surface area contributed by atoms with Crippen molar-refractivity contribution < 1.29 is 9.59 Å². The van der Waals surface area contributed by atoms with Crippen LogP contribution in [-0.2, 0) is 9.59 Å². The summed E-state index contributed by atoms with van der Waals surface area (Å²) in [6, 6.07) is 13.3. The maximum atomic E-state index is 11.9. The van der Waals surface area contributed by atoms with Crippen molar-refractivity contribution in [3.8, 4) is 0 Å². The summed E-state index contributed by atoms with van der Waals surface area (Å²) >= 11 is 0. The molecule has 2 aromatic carbocycles. The highest BCUT2D eigenvalue weighted by Crippen LogP contribution is 2.22. The van der Waals surface area contributed by atoms with Crippen LogP contribution in [-0.4, -0.2) is 24.4 Å². The van der Waals surface area contributed by atoms with Crippen molar-refractivity contribution in [3.05, 3.63) is 42.5 Å². The van der Waals surface area contributed by atoms with E-state index in [9.17, 15) is 9.59 Å². The zero-order chi connectivity index (χ0) is 15.2. The highest BCUT2D eigenvalue weighted by atomic mass is 16.2. The van der Waals surface area contributed by atoms with Crippen molar-refractivity contribution in [2.75, 3.05) is 11.9 Å². The van der Waals surface area contributed by atoms with E-state index in [1.54, 1.807) is 6.92 Å². The Bertz CT molecular complexity index is 648. The summed E-state index contributed by atoms with van der Waals surface area (Å²) < 4.78 is 0. The monoisotopic (exact) mass is 285 g/mol. The molecule has 0 aliphatic carbocycles. The molecule has 0 heterocycles. The predicted octanol–water partition coefficient (Wildman–Crippen LogP) is 1.63. The second kappa shape index (κ2) is 6.85. The molecule has 0 fully saturated rings. The van der Waals surface area contributed by atoms with E-state index >= 15 is 0 Å². The number of carbonyl (C=O) groups is 2. The minimum Gasteiger partial charge on any atom is -0.347 e. The van der Waals surface area contributed by atoms with Crippen molar-refractivity contribution in [2.24, 2.45) is 5.73 Å². The summed E-state index contributed by atoms with van der Waals surface area (Å²) in [5.74, 6) is -0.484. The van der Waals surface area contributed by atoms with Crippen LogP contribution >= 0.6 is 0 Å². The van der Waals surface area contributed by atoms with Gasteiger partial charge in [-0.05, 0) is 18.4 Å². The molecular formula is C16H19N3O2. The Morgan fingerprint density at radius 2 is 1.81 bits per heavy atom. The van der Waals surface area contributed by atoms with Gasteiger partial charge in [0.15, 0.2) is 0 Å². The number of amides is 2. The molecule has 2 amide bonds. The molecule has 21 heavy (non-hydrogen) atoms. The Balaban J connectivity index is 1.97. The van der Waals surface area contributed by atoms with E-state index in [1.165, 1.54) is 0 Å². The van der Waals surface area contributed by atoms with Gasteiger partial charge in [0.2, 0.25) is 11.8 Å². The lowest BCUT2D eigenvalue weighted by Crippen LogP contribution is -2.35. The molecule has 4 N–H and O–H groups in total. The first-order chi connectivity index (χ1) is 10.1. The van der Waals surface area contributed by atoms with Gasteiger partial charge in [-0.3, -0.25) is 9.59 Å². The molecule has 0 saturated carbocycles. The Kier molecular flexibility index (Phi) is 4.90. The summed E-state index contributed by atoms with van der Waals surface area (Å²) in [5.41, 5.74) is 6.26. The van der Waals surface area contributed by atoms with Gasteiger partial charge in [-0.15, -0.1) is 0 Å². The predicted molar refractivity (Wildman–Crippen MR) is 83.9 cm³/mol. The minimum atomic E-state index is -0.260. The number of hydrogen-bond donors (Lipinski definition) is 3. The number of rotatable bonds is 5. The summed E-state index contributed by atoms with van der Waals surface area (Å²) in [5, 5.41) is 7.38. The third-order valence-electron chi connectivity index (χ3n) is 3.02. The van der Waals surface area contributed by atoms with Crippen LogP contribution in [0.3, 0.4) is 0 Å². The van der Waals surface area contributed by atoms with Crippen molar-refractivity contribution in [1.29, 1.82) is 0 Å². The molecule has 2 aromatic rings. The van der Waals surface area contributed by atoms with Gasteiger partial charge in [-0.1, -0.05) is 36.4 Å². The second-order valence-corrected chi connectivity index (χ2v) is 5.03. The Hall–Kier alpha value is -2.40. The highest BCUT2D eigenvalue weighted by Gasteiger charge is 2.09. The molecular weight excluding hydrogens is 266 g/mol. The van der Waals surface area contributed by atoms with Gasteiger partial charge in [0.25, 0.3) is 0 Å². The van der Waals surface area contributed by atoms with Crippen LogP contribution in [0.1, 0.15) is 13.3 Å². The second-order valence-electron chi connectivity index (χ2n) is 5.03. The summed E-state index contributed by atoms with van der Waals surface area (Å²) in [7, 11) is 0. The molecule has 0 radical (unpaired) electrons. The normalized spacial score (nSPS) is 11.9. The van der Waals surface area contributed by atoms with Gasteiger partial charge in [0.1, 0.15) is 0 Å². The number of benzene rings is 2. The number of anilines is 1. The molecule has 0 aliphatic heterocycles. The summed E-state index contributed by atoms with van der Waals surface area (Å²) in [4.78, 5) is 23.3. The first kappa shape index (κ1) is 15.0. The van der Waals surface area contributed by atoms with Gasteiger partial charge in [-0.25, -0.2) is 0 Å². The Morgan fingerprint density at radius 3 is 2.57 bits per heavy atom. The summed E-state index contributed by atoms with van der Waals surface area (Å²) in [6.07, 6.45) is 0.210. The average molecular weight is 285 g/mol. The van der Waals surface area contributed by atoms with Gasteiger partial charge in [0, 0.05) is 23.5 Å². The lowest BCUT2D eigenvalue weighted by Gasteiger charge is -2.10. The Morgan fingerprint density at radius 1 is 1.10 bits per heavy atom. The van der Waals surface area contributed by atoms with Crippen LogP contribution in [0.15, 0.2) is 42.5 Å². The third kappa shape index (κ3) is 4.29. The molecule has 5 nitrogen and oxygen atoms in total. The topological polar surface area (TPSA) is 84.2 Å². The minimum absolute atomic E-state index is 0.0607. The van der Waals surface area contributed by atoms with Gasteiger partial charge < -0.3 is 16.4 Å². The molecule has 1 atom stereocenters. The lowest BCUT2D eigenvalue weighted by atomic mass is 10.1. The number of hydrogen-bond acceptors (Lipinski definition) is 3. The van der Waals surface area contributed by atoms with Crippen molar-refractivity contribution >= 4 is 28.3 Å². The van der Waals surface area contributed by atoms with E-state index in [4.69, 9.17) is 5.73 Å². The van der Waals surface area contributed by atoms with E-state index in [0.717, 1.165) is 16.5 Å². The van der Waals surface area contributed by atoms with Gasteiger partial charge >= 0.3 is 0 Å². The fourth-order valence-corrected chi connectivity index (χ4v) is 2.07. The molecule has 0 spiro atoms. The van der Waals surface area contributed by atoms with Crippen LogP contribution in [0.25, 0.3) is 10.8 Å². The lowest BCUT2D eigenvalue weighted by molar-refractivity contribution is -0.124. The molecule has 1 unspecified atom stereocenters. The van der Waals surface area contributed by atoms with E-state index < -0.39 is 0 Å². The SMILES string of the molecule is CC(N)CC(=O)NCC(=O)Nc1cccc2ccccc12. The largest absolute Gasteiger partial charge is 0.347 e. The molecule has 0 aliphatic rings. The molecule has 0 saturated heterocycles. The smallest absolute Gasteiger partial charge is 0.243 e. The number of carbonyl (C=O) groups excluding carboxylic acids is 2. The van der Waals surface area contributed by atoms with Crippen molar-refractivity contribution in [1.82, 2.24) is 5.32 Å². The van der Waals surface area contributed by atoms with Crippen LogP contribution in [0.5, 0.6) is 0 Å². The quantitative estimate of drug-likeness (QED) is 0.780. The zero-order valence-electron chi connectivity index (χ0n) is 11.9. The maximum absolute atomic E-state index is 11.9. The van der Waals surface area contributed by atoms with Crippen molar-refractivity contribution in [2.45, 2.75) is 19.4 Å². The van der Waals surface area contributed by atoms with E-state index in [2.05, 4.69) is 10.6 Å². The van der Waals surface area contributed by atoms with Crippen LogP contribution in [0.2, 0.25) is 0 Å². The molecule has 110 valence electrons. The Labute approximate surface area is 123 Å². The van der Waals surface area contributed by atoms with Crippen LogP contribution in [0, 0.1) is 0 Å². The average Bonchev–Trinajstić information content (AvgIpc) is 2.45. The molecule has 0 aromatic heterocycles. The molecule has 5 heteroatoms. The molecule has 0 bridgehead atoms. The number of nitrogens with one attached hydrogen (secondary N) is 2. The van der Waals surface area contributed by atoms with Gasteiger partial charge in [-0.2, -0.15) is 0 Å². The third-order valence-corrected chi connectivity index (χ3v) is 3.02. The standard InChI is InChI=1S/C16H19N3O2/c1-11(17)9-15(20)18-10-16(21)19-14-8-4-6-12-5-2-3-7-13(12)14/h2-8,11H,9-10,17H2,1H3,(H,18,20)(H,19,21). The number of fused-ring (bicyclic) bond motifs is 1. The van der Waals surface area contributed by atoms with Gasteiger partial charge in [0.05, 0.1) is 6.54 Å². The van der Waals surface area contributed by atoms with Crippen LogP contribution in [0.4, 0.5) is 5.69 Å².